The Balaban J connectivity index is 1.27. The SMILES string of the molecule is CC(C)(C)OC(=O)N1C[C@H]2N(C(=O)OCC3c4ccccc4-c4ccccc43)CC[C@@]2(F)C1. The summed E-state index contributed by atoms with van der Waals surface area (Å²) >= 11 is 0. The van der Waals surface area contributed by atoms with Gasteiger partial charge in [-0.2, -0.15) is 0 Å². The predicted molar refractivity (Wildman–Crippen MR) is 122 cm³/mol. The Kier molecular flexibility index (Phi) is 5.10. The second-order valence-corrected chi connectivity index (χ2v) is 10.2. The first-order valence-electron chi connectivity index (χ1n) is 11.4. The van der Waals surface area contributed by atoms with Crippen LogP contribution in [-0.2, 0) is 9.47 Å². The zero-order valence-corrected chi connectivity index (χ0v) is 19.2. The molecule has 0 bridgehead atoms. The first kappa shape index (κ1) is 21.7. The maximum absolute atomic E-state index is 15.6. The molecule has 0 unspecified atom stereocenters. The fraction of sp³-hybridized carbons (Fsp3) is 0.462. The van der Waals surface area contributed by atoms with Gasteiger partial charge in [-0.3, -0.25) is 0 Å². The fourth-order valence-corrected chi connectivity index (χ4v) is 5.31. The molecule has 0 spiro atoms. The summed E-state index contributed by atoms with van der Waals surface area (Å²) in [6.45, 7) is 5.82. The van der Waals surface area contributed by atoms with Gasteiger partial charge in [-0.1, -0.05) is 48.5 Å². The normalized spacial score (nSPS) is 23.8. The number of amides is 2. The number of benzene rings is 2. The Morgan fingerprint density at radius 2 is 1.64 bits per heavy atom. The minimum absolute atomic E-state index is 0.0547. The third-order valence-corrected chi connectivity index (χ3v) is 6.81. The number of ether oxygens (including phenoxy) is 2. The Morgan fingerprint density at radius 1 is 1.03 bits per heavy atom. The first-order chi connectivity index (χ1) is 15.7. The van der Waals surface area contributed by atoms with E-state index in [2.05, 4.69) is 24.3 Å². The van der Waals surface area contributed by atoms with Crippen LogP contribution in [0.1, 0.15) is 44.2 Å². The van der Waals surface area contributed by atoms with Gasteiger partial charge in [-0.15, -0.1) is 0 Å². The van der Waals surface area contributed by atoms with Crippen LogP contribution in [-0.4, -0.2) is 65.5 Å². The maximum Gasteiger partial charge on any atom is 0.410 e. The lowest BCUT2D eigenvalue weighted by Crippen LogP contribution is -2.44. The van der Waals surface area contributed by atoms with E-state index < -0.39 is 29.5 Å². The highest BCUT2D eigenvalue weighted by Crippen LogP contribution is 2.45. The zero-order valence-electron chi connectivity index (χ0n) is 19.2. The summed E-state index contributed by atoms with van der Waals surface area (Å²) < 4.78 is 26.7. The molecule has 2 saturated heterocycles. The standard InChI is InChI=1S/C26H29FN2O4/c1-25(2,3)33-23(30)28-14-22-26(27,16-28)12-13-29(22)24(31)32-15-21-19-10-6-4-8-17(19)18-9-5-7-11-20(18)21/h4-11,21-22H,12-16H2,1-3H3/t22-,26-/m1/s1. The lowest BCUT2D eigenvalue weighted by atomic mass is 9.98. The van der Waals surface area contributed by atoms with Gasteiger partial charge in [0.05, 0.1) is 12.6 Å². The summed E-state index contributed by atoms with van der Waals surface area (Å²) in [6, 6.07) is 15.5. The van der Waals surface area contributed by atoms with Crippen molar-refractivity contribution in [2.24, 2.45) is 0 Å². The predicted octanol–water partition coefficient (Wildman–Crippen LogP) is 4.97. The molecule has 6 nitrogen and oxygen atoms in total. The van der Waals surface area contributed by atoms with Crippen LogP contribution < -0.4 is 0 Å². The average Bonchev–Trinajstić information content (AvgIpc) is 3.37. The number of hydrogen-bond donors (Lipinski definition) is 0. The number of fused-ring (bicyclic) bond motifs is 4. The zero-order chi connectivity index (χ0) is 23.4. The van der Waals surface area contributed by atoms with Crippen LogP contribution >= 0.6 is 0 Å². The molecular weight excluding hydrogens is 423 g/mol. The van der Waals surface area contributed by atoms with Crippen LogP contribution in [0, 0.1) is 0 Å². The van der Waals surface area contributed by atoms with Crippen molar-refractivity contribution in [1.29, 1.82) is 0 Å². The van der Waals surface area contributed by atoms with Crippen molar-refractivity contribution < 1.29 is 23.5 Å². The van der Waals surface area contributed by atoms with E-state index in [1.54, 1.807) is 20.8 Å². The molecule has 3 aliphatic rings. The molecule has 0 radical (unpaired) electrons. The molecule has 2 aliphatic heterocycles. The fourth-order valence-electron chi connectivity index (χ4n) is 5.31. The minimum Gasteiger partial charge on any atom is -0.448 e. The summed E-state index contributed by atoms with van der Waals surface area (Å²) in [7, 11) is 0. The molecule has 0 N–H and O–H groups in total. The van der Waals surface area contributed by atoms with Gasteiger partial charge in [0.25, 0.3) is 0 Å². The molecule has 0 aromatic heterocycles. The Hall–Kier alpha value is -3.09. The van der Waals surface area contributed by atoms with Crippen molar-refractivity contribution >= 4 is 12.2 Å². The van der Waals surface area contributed by atoms with Crippen molar-refractivity contribution in [3.63, 3.8) is 0 Å². The molecule has 0 saturated carbocycles. The minimum atomic E-state index is -1.64. The van der Waals surface area contributed by atoms with E-state index >= 15 is 4.39 Å². The summed E-state index contributed by atoms with van der Waals surface area (Å²) in [6.07, 6.45) is -0.907. The van der Waals surface area contributed by atoms with E-state index in [9.17, 15) is 9.59 Å². The molecule has 2 amide bonds. The van der Waals surface area contributed by atoms with Crippen molar-refractivity contribution in [3.8, 4) is 11.1 Å². The van der Waals surface area contributed by atoms with Crippen molar-refractivity contribution in [2.75, 3.05) is 26.2 Å². The van der Waals surface area contributed by atoms with E-state index in [-0.39, 0.29) is 38.6 Å². The Labute approximate surface area is 193 Å². The van der Waals surface area contributed by atoms with E-state index in [1.807, 2.05) is 24.3 Å². The molecule has 1 aliphatic carbocycles. The number of halogens is 1. The molecule has 2 heterocycles. The van der Waals surface area contributed by atoms with Gasteiger partial charge in [0.1, 0.15) is 12.2 Å². The number of carbonyl (C=O) groups excluding carboxylic acids is 2. The Bertz CT molecular complexity index is 1050. The molecule has 2 atom stereocenters. The molecule has 5 rings (SSSR count). The third-order valence-electron chi connectivity index (χ3n) is 6.81. The lowest BCUT2D eigenvalue weighted by molar-refractivity contribution is 0.0251. The van der Waals surface area contributed by atoms with Crippen LogP contribution in [0.25, 0.3) is 11.1 Å². The molecular formula is C26H29FN2O4. The molecule has 2 aromatic rings. The van der Waals surface area contributed by atoms with E-state index in [0.717, 1.165) is 22.3 Å². The van der Waals surface area contributed by atoms with Crippen LogP contribution in [0.5, 0.6) is 0 Å². The number of rotatable bonds is 2. The second kappa shape index (κ2) is 7.75. The number of carbonyl (C=O) groups is 2. The van der Waals surface area contributed by atoms with E-state index in [0.29, 0.717) is 0 Å². The molecule has 7 heteroatoms. The Morgan fingerprint density at radius 3 is 2.24 bits per heavy atom. The maximum atomic E-state index is 15.6. The third kappa shape index (κ3) is 3.83. The second-order valence-electron chi connectivity index (χ2n) is 10.2. The molecule has 2 aromatic carbocycles. The topological polar surface area (TPSA) is 59.1 Å². The van der Waals surface area contributed by atoms with Gasteiger partial charge in [0, 0.05) is 25.4 Å². The van der Waals surface area contributed by atoms with Gasteiger partial charge in [-0.05, 0) is 43.0 Å². The summed E-state index contributed by atoms with van der Waals surface area (Å²) in [5.41, 5.74) is 2.27. The highest BCUT2D eigenvalue weighted by Gasteiger charge is 2.57. The largest absolute Gasteiger partial charge is 0.448 e. The van der Waals surface area contributed by atoms with Crippen LogP contribution in [0.3, 0.4) is 0 Å². The number of alkyl halides is 1. The van der Waals surface area contributed by atoms with Crippen LogP contribution in [0.4, 0.5) is 14.0 Å². The number of likely N-dealkylation sites (tertiary alicyclic amines) is 2. The molecule has 2 fully saturated rings. The van der Waals surface area contributed by atoms with Gasteiger partial charge < -0.3 is 19.3 Å². The summed E-state index contributed by atoms with van der Waals surface area (Å²) in [5, 5.41) is 0. The summed E-state index contributed by atoms with van der Waals surface area (Å²) in [4.78, 5) is 28.3. The van der Waals surface area contributed by atoms with Crippen molar-refractivity contribution in [2.45, 2.75) is 50.4 Å². The highest BCUT2D eigenvalue weighted by atomic mass is 19.1. The van der Waals surface area contributed by atoms with Crippen LogP contribution in [0.2, 0.25) is 0 Å². The smallest absolute Gasteiger partial charge is 0.410 e. The van der Waals surface area contributed by atoms with Gasteiger partial charge in [0.2, 0.25) is 0 Å². The quantitative estimate of drug-likeness (QED) is 0.646. The van der Waals surface area contributed by atoms with Gasteiger partial charge >= 0.3 is 12.2 Å². The van der Waals surface area contributed by atoms with Crippen molar-refractivity contribution in [3.05, 3.63) is 59.7 Å². The van der Waals surface area contributed by atoms with E-state index in [4.69, 9.17) is 9.47 Å². The van der Waals surface area contributed by atoms with Crippen LogP contribution in [0.15, 0.2) is 48.5 Å². The molecule has 33 heavy (non-hydrogen) atoms. The molecule has 174 valence electrons. The first-order valence-corrected chi connectivity index (χ1v) is 11.4. The van der Waals surface area contributed by atoms with E-state index in [1.165, 1.54) is 9.80 Å². The van der Waals surface area contributed by atoms with Gasteiger partial charge in [0.15, 0.2) is 5.67 Å². The highest BCUT2D eigenvalue weighted by molar-refractivity contribution is 5.79. The van der Waals surface area contributed by atoms with Crippen molar-refractivity contribution in [1.82, 2.24) is 9.80 Å². The summed E-state index contributed by atoms with van der Waals surface area (Å²) in [5.74, 6) is -0.0547. The van der Waals surface area contributed by atoms with Gasteiger partial charge in [-0.25, -0.2) is 14.0 Å². The average molecular weight is 453 g/mol. The lowest BCUT2D eigenvalue weighted by Gasteiger charge is -2.26. The monoisotopic (exact) mass is 452 g/mol. The number of nitrogens with zero attached hydrogens (tertiary/aromatic N) is 2. The number of hydrogen-bond acceptors (Lipinski definition) is 4.